The van der Waals surface area contributed by atoms with Gasteiger partial charge < -0.3 is 4.74 Å². The Morgan fingerprint density at radius 2 is 1.47 bits per heavy atom. The summed E-state index contributed by atoms with van der Waals surface area (Å²) in [5.74, 6) is 0.734. The molecule has 30 heavy (non-hydrogen) atoms. The molecule has 0 unspecified atom stereocenters. The molecule has 0 fully saturated rings. The van der Waals surface area contributed by atoms with Crippen LogP contribution in [0, 0.1) is 6.92 Å². The van der Waals surface area contributed by atoms with Crippen molar-refractivity contribution in [2.75, 3.05) is 7.11 Å². The molecular formula is C24H29NO3SSi. The van der Waals surface area contributed by atoms with Gasteiger partial charge in [-0.1, -0.05) is 78.9 Å². The van der Waals surface area contributed by atoms with Crippen molar-refractivity contribution in [1.29, 1.82) is 0 Å². The van der Waals surface area contributed by atoms with Crippen LogP contribution in [-0.2, 0) is 10.0 Å². The summed E-state index contributed by atoms with van der Waals surface area (Å²) < 4.78 is 34.8. The first-order chi connectivity index (χ1) is 14.1. The molecule has 0 radical (unpaired) electrons. The second-order valence-corrected chi connectivity index (χ2v) is 15.2. The van der Waals surface area contributed by atoms with Crippen molar-refractivity contribution in [1.82, 2.24) is 4.72 Å². The van der Waals surface area contributed by atoms with Crippen molar-refractivity contribution >= 4 is 23.3 Å². The lowest BCUT2D eigenvalue weighted by Gasteiger charge is -2.27. The number of aryl methyl sites for hydroxylation is 1. The SMILES string of the molecule is COc1ccc([C@H](NS(=O)(=O)c2ccc(C)cc2)c2ccccc2[Si](C)(C)C)cc1. The molecule has 3 aromatic rings. The van der Waals surface area contributed by atoms with Gasteiger partial charge in [-0.25, -0.2) is 8.42 Å². The van der Waals surface area contributed by atoms with Gasteiger partial charge in [0, 0.05) is 0 Å². The average molecular weight is 440 g/mol. The summed E-state index contributed by atoms with van der Waals surface area (Å²) >= 11 is 0. The third-order valence-corrected chi connectivity index (χ3v) is 8.64. The molecule has 0 heterocycles. The maximum atomic E-state index is 13.3. The molecular weight excluding hydrogens is 410 g/mol. The number of hydrogen-bond donors (Lipinski definition) is 1. The summed E-state index contributed by atoms with van der Waals surface area (Å²) in [5, 5.41) is 1.23. The molecule has 0 amide bonds. The maximum Gasteiger partial charge on any atom is 0.241 e. The van der Waals surface area contributed by atoms with Gasteiger partial charge in [-0.15, -0.1) is 0 Å². The summed E-state index contributed by atoms with van der Waals surface area (Å²) in [7, 11) is -3.81. The third-order valence-electron chi connectivity index (χ3n) is 5.13. The number of benzene rings is 3. The molecule has 0 aromatic heterocycles. The molecule has 6 heteroatoms. The highest BCUT2D eigenvalue weighted by molar-refractivity contribution is 7.89. The van der Waals surface area contributed by atoms with Crippen LogP contribution in [0.4, 0.5) is 0 Å². The van der Waals surface area contributed by atoms with Gasteiger partial charge in [0.15, 0.2) is 0 Å². The van der Waals surface area contributed by atoms with Crippen LogP contribution in [0.2, 0.25) is 19.6 Å². The smallest absolute Gasteiger partial charge is 0.241 e. The third kappa shape index (κ3) is 5.01. The molecule has 0 saturated heterocycles. The number of sulfonamides is 1. The summed E-state index contributed by atoms with van der Waals surface area (Å²) in [6.07, 6.45) is 0. The van der Waals surface area contributed by atoms with Gasteiger partial charge in [0.25, 0.3) is 0 Å². The van der Waals surface area contributed by atoms with E-state index in [-0.39, 0.29) is 4.90 Å². The van der Waals surface area contributed by atoms with E-state index < -0.39 is 24.1 Å². The highest BCUT2D eigenvalue weighted by Gasteiger charge is 2.28. The Balaban J connectivity index is 2.12. The van der Waals surface area contributed by atoms with E-state index in [4.69, 9.17) is 4.74 Å². The lowest BCUT2D eigenvalue weighted by molar-refractivity contribution is 0.414. The Labute approximate surface area is 181 Å². The van der Waals surface area contributed by atoms with Gasteiger partial charge in [-0.05, 0) is 42.3 Å². The summed E-state index contributed by atoms with van der Waals surface area (Å²) in [6.45, 7) is 8.75. The Hall–Kier alpha value is -2.41. The molecule has 0 saturated carbocycles. The van der Waals surface area contributed by atoms with Gasteiger partial charge in [0.1, 0.15) is 5.75 Å². The molecule has 1 N–H and O–H groups in total. The van der Waals surface area contributed by atoms with Crippen molar-refractivity contribution < 1.29 is 13.2 Å². The fourth-order valence-electron chi connectivity index (χ4n) is 3.48. The van der Waals surface area contributed by atoms with E-state index in [0.717, 1.165) is 22.4 Å². The Morgan fingerprint density at radius 3 is 2.03 bits per heavy atom. The Morgan fingerprint density at radius 1 is 0.867 bits per heavy atom. The average Bonchev–Trinajstić information content (AvgIpc) is 2.72. The minimum Gasteiger partial charge on any atom is -0.497 e. The Bertz CT molecular complexity index is 1100. The van der Waals surface area contributed by atoms with Crippen LogP contribution in [-0.4, -0.2) is 23.6 Å². The number of hydrogen-bond acceptors (Lipinski definition) is 3. The molecule has 0 bridgehead atoms. The molecule has 3 aromatic carbocycles. The van der Waals surface area contributed by atoms with Crippen molar-refractivity contribution in [3.05, 3.63) is 89.5 Å². The number of ether oxygens (including phenoxy) is 1. The van der Waals surface area contributed by atoms with Gasteiger partial charge in [0.2, 0.25) is 10.0 Å². The second kappa shape index (κ2) is 8.76. The predicted molar refractivity (Wildman–Crippen MR) is 126 cm³/mol. The van der Waals surface area contributed by atoms with Crippen LogP contribution >= 0.6 is 0 Å². The van der Waals surface area contributed by atoms with E-state index in [1.165, 1.54) is 5.19 Å². The fraction of sp³-hybridized carbons (Fsp3) is 0.250. The van der Waals surface area contributed by atoms with E-state index >= 15 is 0 Å². The van der Waals surface area contributed by atoms with Crippen molar-refractivity contribution in [3.63, 3.8) is 0 Å². The molecule has 0 aliphatic rings. The zero-order valence-electron chi connectivity index (χ0n) is 18.1. The van der Waals surface area contributed by atoms with Crippen LogP contribution in [0.3, 0.4) is 0 Å². The lowest BCUT2D eigenvalue weighted by Crippen LogP contribution is -2.43. The summed E-state index contributed by atoms with van der Waals surface area (Å²) in [6, 6.07) is 22.1. The molecule has 0 aliphatic heterocycles. The second-order valence-electron chi connectivity index (χ2n) is 8.48. The van der Waals surface area contributed by atoms with Crippen molar-refractivity contribution in [2.45, 2.75) is 37.5 Å². The molecule has 0 aliphatic carbocycles. The molecule has 0 spiro atoms. The van der Waals surface area contributed by atoms with Gasteiger partial charge in [-0.2, -0.15) is 4.72 Å². The van der Waals surface area contributed by atoms with Gasteiger partial charge >= 0.3 is 0 Å². The molecule has 158 valence electrons. The fourth-order valence-corrected chi connectivity index (χ4v) is 6.37. The van der Waals surface area contributed by atoms with E-state index in [1.807, 2.05) is 61.5 Å². The number of nitrogens with one attached hydrogen (secondary N) is 1. The normalized spacial score (nSPS) is 13.1. The molecule has 1 atom stereocenters. The first kappa shape index (κ1) is 22.3. The zero-order valence-corrected chi connectivity index (χ0v) is 20.0. The monoisotopic (exact) mass is 439 g/mol. The van der Waals surface area contributed by atoms with E-state index in [0.29, 0.717) is 0 Å². The lowest BCUT2D eigenvalue weighted by atomic mass is 9.99. The highest BCUT2D eigenvalue weighted by Crippen LogP contribution is 2.27. The van der Waals surface area contributed by atoms with Gasteiger partial charge in [0.05, 0.1) is 26.1 Å². The Kier molecular flexibility index (Phi) is 6.50. The van der Waals surface area contributed by atoms with Crippen LogP contribution in [0.15, 0.2) is 77.7 Å². The topological polar surface area (TPSA) is 55.4 Å². The summed E-state index contributed by atoms with van der Waals surface area (Å²) in [5.41, 5.74) is 2.89. The number of methoxy groups -OCH3 is 1. The number of rotatable bonds is 7. The standard InChI is InChI=1S/C24H29NO3SSi/c1-18-10-16-21(17-11-18)29(26,27)25-24(19-12-14-20(28-2)15-13-19)22-8-6-7-9-23(22)30(3,4)5/h6-17,24-25H,1-5H3/t24-/m0/s1. The minimum absolute atomic E-state index is 0.261. The first-order valence-electron chi connectivity index (χ1n) is 9.94. The molecule has 3 rings (SSSR count). The highest BCUT2D eigenvalue weighted by atomic mass is 32.2. The van der Waals surface area contributed by atoms with E-state index in [1.54, 1.807) is 19.2 Å². The molecule has 4 nitrogen and oxygen atoms in total. The van der Waals surface area contributed by atoms with Crippen LogP contribution < -0.4 is 14.6 Å². The van der Waals surface area contributed by atoms with Crippen LogP contribution in [0.1, 0.15) is 22.7 Å². The van der Waals surface area contributed by atoms with E-state index in [2.05, 4.69) is 30.4 Å². The van der Waals surface area contributed by atoms with Crippen molar-refractivity contribution in [3.8, 4) is 5.75 Å². The maximum absolute atomic E-state index is 13.3. The van der Waals surface area contributed by atoms with Crippen LogP contribution in [0.25, 0.3) is 0 Å². The zero-order chi connectivity index (χ0) is 21.9. The van der Waals surface area contributed by atoms with Crippen molar-refractivity contribution in [2.24, 2.45) is 0 Å². The predicted octanol–water partition coefficient (Wildman–Crippen LogP) is 4.62. The quantitative estimate of drug-likeness (QED) is 0.547. The minimum atomic E-state index is -3.72. The van der Waals surface area contributed by atoms with E-state index in [9.17, 15) is 8.42 Å². The van der Waals surface area contributed by atoms with Crippen LogP contribution in [0.5, 0.6) is 5.75 Å². The first-order valence-corrected chi connectivity index (χ1v) is 14.9. The largest absolute Gasteiger partial charge is 0.497 e. The summed E-state index contributed by atoms with van der Waals surface area (Å²) in [4.78, 5) is 0.261. The van der Waals surface area contributed by atoms with Gasteiger partial charge in [-0.3, -0.25) is 0 Å².